The van der Waals surface area contributed by atoms with Gasteiger partial charge in [0.25, 0.3) is 15.8 Å². The van der Waals surface area contributed by atoms with E-state index in [2.05, 4.69) is 15.8 Å². The number of hydrogen-bond acceptors (Lipinski definition) is 9. The Morgan fingerprint density at radius 3 is 2.45 bits per heavy atom. The number of benzene rings is 2. The third kappa shape index (κ3) is 5.96. The normalized spacial score (nSPS) is 14.0. The first-order chi connectivity index (χ1) is 15.6. The Kier molecular flexibility index (Phi) is 7.13. The van der Waals surface area contributed by atoms with Crippen molar-refractivity contribution in [3.05, 3.63) is 63.2 Å². The number of carbonyl (C=O) groups excluding carboxylic acids is 1. The largest absolute Gasteiger partial charge is 0.454 e. The molecule has 12 nitrogen and oxygen atoms in total. The molecule has 2 aromatic rings. The molecular weight excluding hydrogens is 456 g/mol. The van der Waals surface area contributed by atoms with Gasteiger partial charge in [-0.25, -0.2) is 10.2 Å². The van der Waals surface area contributed by atoms with Crippen molar-refractivity contribution in [3.8, 4) is 11.5 Å². The zero-order valence-corrected chi connectivity index (χ0v) is 18.8. The lowest BCUT2D eigenvalue weighted by Crippen LogP contribution is -2.30. The lowest BCUT2D eigenvalue weighted by molar-refractivity contribution is -0.384. The molecule has 1 aliphatic heterocycles. The summed E-state index contributed by atoms with van der Waals surface area (Å²) in [4.78, 5) is 22.3. The smallest absolute Gasteiger partial charge is 0.334 e. The molecule has 1 heterocycles. The van der Waals surface area contributed by atoms with Crippen molar-refractivity contribution in [2.45, 2.75) is 12.8 Å². The minimum atomic E-state index is -3.68. The van der Waals surface area contributed by atoms with Crippen LogP contribution < -0.4 is 20.2 Å². The molecule has 1 atom stereocenters. The quantitative estimate of drug-likeness (QED) is 0.253. The number of hydrazone groups is 1. The molecule has 13 heteroatoms. The van der Waals surface area contributed by atoms with Crippen molar-refractivity contribution in [1.82, 2.24) is 10.7 Å². The zero-order chi connectivity index (χ0) is 24.2. The number of rotatable bonds is 8. The predicted molar refractivity (Wildman–Crippen MR) is 118 cm³/mol. The maximum Gasteiger partial charge on any atom is 0.334 e. The van der Waals surface area contributed by atoms with E-state index in [0.717, 1.165) is 6.26 Å². The van der Waals surface area contributed by atoms with Crippen molar-refractivity contribution in [2.24, 2.45) is 5.10 Å². The fourth-order valence-electron chi connectivity index (χ4n) is 3.07. The summed E-state index contributed by atoms with van der Waals surface area (Å²) >= 11 is 0. The molecule has 2 amide bonds. The van der Waals surface area contributed by atoms with Crippen molar-refractivity contribution >= 4 is 27.5 Å². The second-order valence-corrected chi connectivity index (χ2v) is 8.78. The summed E-state index contributed by atoms with van der Waals surface area (Å²) in [6.07, 6.45) is 0.956. The van der Waals surface area contributed by atoms with Gasteiger partial charge in [0.1, 0.15) is 0 Å². The third-order valence-corrected chi connectivity index (χ3v) is 5.28. The molecule has 0 bridgehead atoms. The summed E-state index contributed by atoms with van der Waals surface area (Å²) in [6, 6.07) is 8.38. The van der Waals surface area contributed by atoms with Gasteiger partial charge < -0.3 is 14.8 Å². The molecule has 2 aromatic carbocycles. The zero-order valence-electron chi connectivity index (χ0n) is 18.0. The number of nitrogens with zero attached hydrogens (tertiary/aromatic N) is 2. The van der Waals surface area contributed by atoms with Gasteiger partial charge in [0.15, 0.2) is 11.5 Å². The van der Waals surface area contributed by atoms with E-state index in [-0.39, 0.29) is 24.8 Å². The summed E-state index contributed by atoms with van der Waals surface area (Å²) in [6.45, 7) is 1.61. The van der Waals surface area contributed by atoms with Gasteiger partial charge >= 0.3 is 6.03 Å². The van der Waals surface area contributed by atoms with Crippen LogP contribution >= 0.6 is 0 Å². The number of nitrogens with one attached hydrogen (secondary N) is 2. The SMILES string of the molecule is CNC(=O)N/N=C(\c1ccc([N+](=O)[O-])cc1)c1cc2c(cc1C(C)COS(C)(=O)=O)OCO2. The Hall–Kier alpha value is -3.71. The maximum atomic E-state index is 11.8. The van der Waals surface area contributed by atoms with E-state index < -0.39 is 27.0 Å². The highest BCUT2D eigenvalue weighted by Crippen LogP contribution is 2.38. The Bertz CT molecular complexity index is 1200. The Labute approximate surface area is 189 Å². The van der Waals surface area contributed by atoms with Gasteiger partial charge in [0.05, 0.1) is 23.5 Å². The Morgan fingerprint density at radius 1 is 1.24 bits per heavy atom. The fraction of sp³-hybridized carbons (Fsp3) is 0.300. The van der Waals surface area contributed by atoms with E-state index >= 15 is 0 Å². The highest BCUT2D eigenvalue weighted by molar-refractivity contribution is 7.85. The van der Waals surface area contributed by atoms with E-state index in [0.29, 0.717) is 28.2 Å². The second-order valence-electron chi connectivity index (χ2n) is 7.14. The van der Waals surface area contributed by atoms with Gasteiger partial charge in [-0.3, -0.25) is 14.3 Å². The average molecular weight is 478 g/mol. The number of nitro groups is 1. The summed E-state index contributed by atoms with van der Waals surface area (Å²) in [5.74, 6) is 0.453. The van der Waals surface area contributed by atoms with Crippen LogP contribution in [0.25, 0.3) is 0 Å². The number of hydrogen-bond donors (Lipinski definition) is 2. The van der Waals surface area contributed by atoms with Gasteiger partial charge in [-0.05, 0) is 29.8 Å². The highest BCUT2D eigenvalue weighted by Gasteiger charge is 2.25. The average Bonchev–Trinajstić information content (AvgIpc) is 3.24. The molecule has 33 heavy (non-hydrogen) atoms. The first kappa shape index (κ1) is 23.9. The van der Waals surface area contributed by atoms with E-state index in [1.165, 1.54) is 31.3 Å². The number of nitro benzene ring substituents is 1. The summed E-state index contributed by atoms with van der Waals surface area (Å²) in [7, 11) is -2.25. The van der Waals surface area contributed by atoms with Crippen LogP contribution in [0.15, 0.2) is 41.5 Å². The minimum absolute atomic E-state index is 0.00689. The standard InChI is InChI=1S/C20H22N4O8S/c1-12(10-32-33(3,28)29)15-8-17-18(31-11-30-17)9-16(15)19(22-23-20(25)21-2)13-4-6-14(7-5-13)24(26)27/h4-9,12H,10-11H2,1-3H3,(H2,21,23,25)/b22-19+. The van der Waals surface area contributed by atoms with E-state index in [4.69, 9.17) is 13.7 Å². The highest BCUT2D eigenvalue weighted by atomic mass is 32.2. The molecule has 3 rings (SSSR count). The Balaban J connectivity index is 2.13. The van der Waals surface area contributed by atoms with Crippen LogP contribution in [0.3, 0.4) is 0 Å². The number of urea groups is 1. The van der Waals surface area contributed by atoms with Crippen molar-refractivity contribution in [2.75, 3.05) is 26.7 Å². The van der Waals surface area contributed by atoms with E-state index in [1.54, 1.807) is 19.1 Å². The van der Waals surface area contributed by atoms with Crippen LogP contribution in [-0.2, 0) is 14.3 Å². The van der Waals surface area contributed by atoms with Crippen LogP contribution in [0.1, 0.15) is 29.5 Å². The molecule has 0 fully saturated rings. The molecule has 1 aliphatic rings. The predicted octanol–water partition coefficient (Wildman–Crippen LogP) is 2.08. The lowest BCUT2D eigenvalue weighted by Gasteiger charge is -2.19. The molecule has 0 aromatic heterocycles. The van der Waals surface area contributed by atoms with E-state index in [9.17, 15) is 23.3 Å². The summed E-state index contributed by atoms with van der Waals surface area (Å²) in [5, 5.41) is 17.6. The van der Waals surface area contributed by atoms with Gasteiger partial charge in [-0.1, -0.05) is 6.92 Å². The first-order valence-electron chi connectivity index (χ1n) is 9.67. The number of non-ortho nitro benzene ring substituents is 1. The summed E-state index contributed by atoms with van der Waals surface area (Å²) < 4.78 is 38.9. The van der Waals surface area contributed by atoms with Gasteiger partial charge in [0.2, 0.25) is 6.79 Å². The first-order valence-corrected chi connectivity index (χ1v) is 11.5. The van der Waals surface area contributed by atoms with Gasteiger partial charge in [-0.15, -0.1) is 0 Å². The molecule has 176 valence electrons. The van der Waals surface area contributed by atoms with E-state index in [1.807, 2.05) is 0 Å². The van der Waals surface area contributed by atoms with Gasteiger partial charge in [0, 0.05) is 36.2 Å². The number of fused-ring (bicyclic) bond motifs is 1. The third-order valence-electron chi connectivity index (χ3n) is 4.71. The fourth-order valence-corrected chi connectivity index (χ4v) is 3.52. The molecule has 0 saturated heterocycles. The van der Waals surface area contributed by atoms with Gasteiger partial charge in [-0.2, -0.15) is 13.5 Å². The second kappa shape index (κ2) is 9.83. The van der Waals surface area contributed by atoms with Crippen LogP contribution in [0, 0.1) is 10.1 Å². The molecular formula is C20H22N4O8S. The van der Waals surface area contributed by atoms with Crippen molar-refractivity contribution in [1.29, 1.82) is 0 Å². The number of ether oxygens (including phenoxy) is 2. The minimum Gasteiger partial charge on any atom is -0.454 e. The Morgan fingerprint density at radius 2 is 1.88 bits per heavy atom. The lowest BCUT2D eigenvalue weighted by atomic mass is 9.90. The molecule has 0 aliphatic carbocycles. The van der Waals surface area contributed by atoms with Crippen LogP contribution in [-0.4, -0.2) is 51.8 Å². The maximum absolute atomic E-state index is 11.8. The number of carbonyl (C=O) groups is 1. The van der Waals surface area contributed by atoms with Crippen LogP contribution in [0.5, 0.6) is 11.5 Å². The topological polar surface area (TPSA) is 158 Å². The molecule has 0 radical (unpaired) electrons. The van der Waals surface area contributed by atoms with Crippen molar-refractivity contribution < 1.29 is 31.8 Å². The molecule has 0 saturated carbocycles. The molecule has 1 unspecified atom stereocenters. The van der Waals surface area contributed by atoms with Crippen molar-refractivity contribution in [3.63, 3.8) is 0 Å². The number of amides is 2. The summed E-state index contributed by atoms with van der Waals surface area (Å²) in [5.41, 5.74) is 4.09. The monoisotopic (exact) mass is 478 g/mol. The van der Waals surface area contributed by atoms with Crippen LogP contribution in [0.4, 0.5) is 10.5 Å². The molecule has 2 N–H and O–H groups in total. The van der Waals surface area contributed by atoms with Crippen LogP contribution in [0.2, 0.25) is 0 Å². The molecule has 0 spiro atoms.